The number of rotatable bonds is 2. The number of nitrogens with two attached hydrogens (primary N) is 1. The second-order valence-electron chi connectivity index (χ2n) is 6.40. The molecule has 3 heteroatoms. The van der Waals surface area contributed by atoms with Crippen molar-refractivity contribution < 1.29 is 9.53 Å². The normalized spacial score (nSPS) is 46.9. The quantitative estimate of drug-likeness (QED) is 0.590. The third-order valence-electron chi connectivity index (χ3n) is 5.33. The summed E-state index contributed by atoms with van der Waals surface area (Å²) in [4.78, 5) is 11.7. The lowest BCUT2D eigenvalue weighted by Gasteiger charge is -2.59. The molecule has 0 atom stereocenters. The molecule has 4 rings (SSSR count). The highest BCUT2D eigenvalue weighted by Crippen LogP contribution is 2.59. The molecule has 4 aliphatic rings. The molecule has 0 aromatic rings. The maximum atomic E-state index is 11.7. The Labute approximate surface area is 102 Å². The van der Waals surface area contributed by atoms with E-state index in [-0.39, 0.29) is 11.3 Å². The van der Waals surface area contributed by atoms with Gasteiger partial charge in [-0.25, -0.2) is 4.79 Å². The molecular weight excluding hydrogens is 214 g/mol. The van der Waals surface area contributed by atoms with Gasteiger partial charge in [0.1, 0.15) is 11.3 Å². The molecule has 0 saturated heterocycles. The van der Waals surface area contributed by atoms with E-state index >= 15 is 0 Å². The predicted molar refractivity (Wildman–Crippen MR) is 64.9 cm³/mol. The summed E-state index contributed by atoms with van der Waals surface area (Å²) in [5.41, 5.74) is 5.17. The van der Waals surface area contributed by atoms with Crippen molar-refractivity contribution >= 4 is 5.97 Å². The molecule has 0 radical (unpaired) electrons. The van der Waals surface area contributed by atoms with Gasteiger partial charge in [-0.05, 0) is 62.7 Å². The number of ether oxygens (including phenoxy) is 1. The van der Waals surface area contributed by atoms with Gasteiger partial charge in [-0.1, -0.05) is 6.58 Å². The van der Waals surface area contributed by atoms with E-state index in [1.807, 2.05) is 0 Å². The number of hydrogen-bond donors (Lipinski definition) is 1. The Morgan fingerprint density at radius 2 is 1.65 bits per heavy atom. The molecule has 0 aromatic heterocycles. The fourth-order valence-corrected chi connectivity index (χ4v) is 4.55. The number of hydrogen-bond acceptors (Lipinski definition) is 3. The molecule has 4 bridgehead atoms. The first-order chi connectivity index (χ1) is 7.99. The highest BCUT2D eigenvalue weighted by Gasteiger charge is 2.57. The zero-order chi connectivity index (χ0) is 12.2. The standard InChI is InChI=1S/C14H21NO2/c1-8(15)13(16)17-14(2)11-4-9-3-10(6-11)7-12(14)5-9/h9-12H,1,3-7,15H2,2H3. The second kappa shape index (κ2) is 3.50. The zero-order valence-electron chi connectivity index (χ0n) is 10.4. The summed E-state index contributed by atoms with van der Waals surface area (Å²) in [6, 6.07) is 0. The zero-order valence-corrected chi connectivity index (χ0v) is 10.4. The average molecular weight is 235 g/mol. The molecule has 4 aliphatic carbocycles. The molecule has 2 N–H and O–H groups in total. The van der Waals surface area contributed by atoms with Gasteiger partial charge >= 0.3 is 5.97 Å². The highest BCUT2D eigenvalue weighted by atomic mass is 16.6. The topological polar surface area (TPSA) is 52.3 Å². The van der Waals surface area contributed by atoms with Crippen LogP contribution in [0.25, 0.3) is 0 Å². The van der Waals surface area contributed by atoms with Crippen molar-refractivity contribution in [1.82, 2.24) is 0 Å². The van der Waals surface area contributed by atoms with Gasteiger partial charge in [-0.3, -0.25) is 0 Å². The number of esters is 1. The molecule has 94 valence electrons. The number of carbonyl (C=O) groups is 1. The van der Waals surface area contributed by atoms with Gasteiger partial charge in [-0.2, -0.15) is 0 Å². The van der Waals surface area contributed by atoms with Gasteiger partial charge in [0.05, 0.1) is 0 Å². The molecule has 0 aliphatic heterocycles. The lowest BCUT2D eigenvalue weighted by atomic mass is 9.50. The molecule has 0 spiro atoms. The number of carbonyl (C=O) groups excluding carboxylic acids is 1. The van der Waals surface area contributed by atoms with Crippen molar-refractivity contribution in [2.45, 2.75) is 44.6 Å². The van der Waals surface area contributed by atoms with E-state index in [0.717, 1.165) is 11.8 Å². The Bertz CT molecular complexity index is 346. The van der Waals surface area contributed by atoms with Crippen LogP contribution in [0, 0.1) is 23.7 Å². The lowest BCUT2D eigenvalue weighted by Crippen LogP contribution is -2.58. The van der Waals surface area contributed by atoms with Gasteiger partial charge in [-0.15, -0.1) is 0 Å². The largest absolute Gasteiger partial charge is 0.454 e. The van der Waals surface area contributed by atoms with E-state index in [4.69, 9.17) is 10.5 Å². The minimum Gasteiger partial charge on any atom is -0.454 e. The van der Waals surface area contributed by atoms with Crippen molar-refractivity contribution in [3.05, 3.63) is 12.3 Å². The highest BCUT2D eigenvalue weighted by molar-refractivity contribution is 5.86. The van der Waals surface area contributed by atoms with Crippen molar-refractivity contribution in [1.29, 1.82) is 0 Å². The Hall–Kier alpha value is -0.990. The van der Waals surface area contributed by atoms with Crippen LogP contribution in [0.2, 0.25) is 0 Å². The fraction of sp³-hybridized carbons (Fsp3) is 0.786. The van der Waals surface area contributed by atoms with E-state index in [1.165, 1.54) is 32.1 Å². The van der Waals surface area contributed by atoms with Crippen LogP contribution >= 0.6 is 0 Å². The molecule has 4 saturated carbocycles. The fourth-order valence-electron chi connectivity index (χ4n) is 4.55. The van der Waals surface area contributed by atoms with E-state index in [0.29, 0.717) is 11.8 Å². The Balaban J connectivity index is 1.82. The summed E-state index contributed by atoms with van der Waals surface area (Å²) in [6.45, 7) is 5.58. The van der Waals surface area contributed by atoms with Crippen LogP contribution in [0.4, 0.5) is 0 Å². The molecule has 3 nitrogen and oxygen atoms in total. The monoisotopic (exact) mass is 235 g/mol. The third kappa shape index (κ3) is 1.59. The maximum Gasteiger partial charge on any atom is 0.354 e. The molecule has 0 aromatic carbocycles. The first kappa shape index (κ1) is 11.1. The van der Waals surface area contributed by atoms with Crippen molar-refractivity contribution in [3.8, 4) is 0 Å². The Kier molecular flexibility index (Phi) is 2.29. The molecule has 0 unspecified atom stereocenters. The molecule has 0 heterocycles. The van der Waals surface area contributed by atoms with E-state index < -0.39 is 5.97 Å². The van der Waals surface area contributed by atoms with Crippen LogP contribution in [0.5, 0.6) is 0 Å². The minimum atomic E-state index is -0.417. The van der Waals surface area contributed by atoms with E-state index in [1.54, 1.807) is 0 Å². The van der Waals surface area contributed by atoms with Gasteiger partial charge < -0.3 is 10.5 Å². The summed E-state index contributed by atoms with van der Waals surface area (Å²) in [5, 5.41) is 0. The molecule has 4 fully saturated rings. The van der Waals surface area contributed by atoms with Gasteiger partial charge in [0.15, 0.2) is 0 Å². The van der Waals surface area contributed by atoms with Crippen LogP contribution in [0.1, 0.15) is 39.0 Å². The van der Waals surface area contributed by atoms with Crippen molar-refractivity contribution in [2.24, 2.45) is 29.4 Å². The summed E-state index contributed by atoms with van der Waals surface area (Å²) in [7, 11) is 0. The van der Waals surface area contributed by atoms with Gasteiger partial charge in [0.2, 0.25) is 0 Å². The summed E-state index contributed by atoms with van der Waals surface area (Å²) < 4.78 is 5.71. The minimum absolute atomic E-state index is 0.0278. The maximum absolute atomic E-state index is 11.7. The second-order valence-corrected chi connectivity index (χ2v) is 6.40. The summed E-state index contributed by atoms with van der Waals surface area (Å²) >= 11 is 0. The molecular formula is C14H21NO2. The Morgan fingerprint density at radius 3 is 2.06 bits per heavy atom. The van der Waals surface area contributed by atoms with Crippen LogP contribution in [-0.2, 0) is 9.53 Å². The van der Waals surface area contributed by atoms with Crippen LogP contribution in [0.15, 0.2) is 12.3 Å². The van der Waals surface area contributed by atoms with Gasteiger partial charge in [0.25, 0.3) is 0 Å². The lowest BCUT2D eigenvalue weighted by molar-refractivity contribution is -0.199. The average Bonchev–Trinajstić information content (AvgIpc) is 2.25. The van der Waals surface area contributed by atoms with Crippen LogP contribution < -0.4 is 5.73 Å². The first-order valence-corrected chi connectivity index (χ1v) is 6.66. The summed E-state index contributed by atoms with van der Waals surface area (Å²) in [5.74, 6) is 2.43. The van der Waals surface area contributed by atoms with Crippen LogP contribution in [-0.4, -0.2) is 11.6 Å². The van der Waals surface area contributed by atoms with Gasteiger partial charge in [0, 0.05) is 0 Å². The van der Waals surface area contributed by atoms with Crippen LogP contribution in [0.3, 0.4) is 0 Å². The third-order valence-corrected chi connectivity index (χ3v) is 5.33. The van der Waals surface area contributed by atoms with Crippen molar-refractivity contribution in [2.75, 3.05) is 0 Å². The summed E-state index contributed by atoms with van der Waals surface area (Å²) in [6.07, 6.45) is 6.32. The van der Waals surface area contributed by atoms with E-state index in [9.17, 15) is 4.79 Å². The molecule has 17 heavy (non-hydrogen) atoms. The predicted octanol–water partition coefficient (Wildman–Crippen LogP) is 2.22. The Morgan fingerprint density at radius 1 is 1.18 bits per heavy atom. The van der Waals surface area contributed by atoms with Crippen molar-refractivity contribution in [3.63, 3.8) is 0 Å². The smallest absolute Gasteiger partial charge is 0.354 e. The van der Waals surface area contributed by atoms with E-state index in [2.05, 4.69) is 13.5 Å². The molecule has 0 amide bonds. The SMILES string of the molecule is C=C(N)C(=O)OC1(C)C2CC3CC(C2)CC1C3. The first-order valence-electron chi connectivity index (χ1n) is 6.66.